The molecule has 0 spiro atoms. The third-order valence-electron chi connectivity index (χ3n) is 2.18. The largest absolute Gasteiger partial charge is 0.493 e. The number of methoxy groups -OCH3 is 3. The lowest BCUT2D eigenvalue weighted by Crippen LogP contribution is -2.25. The first-order valence-electron chi connectivity index (χ1n) is 5.09. The zero-order valence-electron chi connectivity index (χ0n) is 9.93. The van der Waals surface area contributed by atoms with Gasteiger partial charge in [-0.25, -0.2) is 0 Å². The number of benzene rings is 1. The van der Waals surface area contributed by atoms with Gasteiger partial charge in [0.25, 0.3) is 0 Å². The molecule has 16 heavy (non-hydrogen) atoms. The van der Waals surface area contributed by atoms with Gasteiger partial charge in [-0.1, -0.05) is 12.1 Å². The minimum Gasteiger partial charge on any atom is -0.493 e. The standard InChI is InChI=1S/C12H18O4/c1-13-8-10(14-2)9-16-12-7-5-4-6-11(12)15-3/h4-7,10H,8-9H2,1-3H3. The summed E-state index contributed by atoms with van der Waals surface area (Å²) in [6.45, 7) is 0.941. The molecule has 1 atom stereocenters. The molecule has 0 N–H and O–H groups in total. The van der Waals surface area contributed by atoms with Gasteiger partial charge < -0.3 is 18.9 Å². The van der Waals surface area contributed by atoms with Crippen LogP contribution < -0.4 is 9.47 Å². The third-order valence-corrected chi connectivity index (χ3v) is 2.18. The molecular formula is C12H18O4. The summed E-state index contributed by atoms with van der Waals surface area (Å²) in [6.07, 6.45) is -0.0742. The molecule has 0 fully saturated rings. The van der Waals surface area contributed by atoms with Gasteiger partial charge in [0.2, 0.25) is 0 Å². The van der Waals surface area contributed by atoms with Crippen LogP contribution in [0.15, 0.2) is 24.3 Å². The SMILES string of the molecule is COCC(COc1ccccc1OC)OC. The highest BCUT2D eigenvalue weighted by Crippen LogP contribution is 2.25. The van der Waals surface area contributed by atoms with E-state index < -0.39 is 0 Å². The molecule has 1 aromatic carbocycles. The average Bonchev–Trinajstić information content (AvgIpc) is 2.34. The van der Waals surface area contributed by atoms with Crippen molar-refractivity contribution < 1.29 is 18.9 Å². The predicted octanol–water partition coefficient (Wildman–Crippen LogP) is 1.74. The van der Waals surface area contributed by atoms with Gasteiger partial charge in [-0.15, -0.1) is 0 Å². The van der Waals surface area contributed by atoms with Crippen LogP contribution in [0.5, 0.6) is 11.5 Å². The van der Waals surface area contributed by atoms with E-state index in [-0.39, 0.29) is 6.10 Å². The number of ether oxygens (including phenoxy) is 4. The summed E-state index contributed by atoms with van der Waals surface area (Å²) < 4.78 is 21.0. The van der Waals surface area contributed by atoms with Gasteiger partial charge in [-0.05, 0) is 12.1 Å². The molecule has 1 rings (SSSR count). The zero-order chi connectivity index (χ0) is 11.8. The Kier molecular flexibility index (Phi) is 5.67. The van der Waals surface area contributed by atoms with Crippen molar-refractivity contribution in [3.63, 3.8) is 0 Å². The third kappa shape index (κ3) is 3.72. The van der Waals surface area contributed by atoms with Crippen LogP contribution >= 0.6 is 0 Å². The van der Waals surface area contributed by atoms with Gasteiger partial charge in [-0.2, -0.15) is 0 Å². The van der Waals surface area contributed by atoms with Crippen LogP contribution in [0.1, 0.15) is 0 Å². The monoisotopic (exact) mass is 226 g/mol. The molecule has 0 aliphatic rings. The maximum Gasteiger partial charge on any atom is 0.161 e. The molecule has 90 valence electrons. The smallest absolute Gasteiger partial charge is 0.161 e. The van der Waals surface area contributed by atoms with Crippen LogP contribution in [0.4, 0.5) is 0 Å². The predicted molar refractivity (Wildman–Crippen MR) is 61.2 cm³/mol. The van der Waals surface area contributed by atoms with Crippen molar-refractivity contribution in [3.8, 4) is 11.5 Å². The second kappa shape index (κ2) is 7.09. The fraction of sp³-hybridized carbons (Fsp3) is 0.500. The normalized spacial score (nSPS) is 12.2. The van der Waals surface area contributed by atoms with Crippen molar-refractivity contribution in [1.82, 2.24) is 0 Å². The van der Waals surface area contributed by atoms with Crippen molar-refractivity contribution >= 4 is 0 Å². The van der Waals surface area contributed by atoms with Crippen LogP contribution in [-0.4, -0.2) is 40.6 Å². The summed E-state index contributed by atoms with van der Waals surface area (Å²) in [6, 6.07) is 7.51. The summed E-state index contributed by atoms with van der Waals surface area (Å²) >= 11 is 0. The first-order valence-corrected chi connectivity index (χ1v) is 5.09. The summed E-state index contributed by atoms with van der Waals surface area (Å²) in [5.74, 6) is 1.43. The lowest BCUT2D eigenvalue weighted by molar-refractivity contribution is 0.000421. The Bertz CT molecular complexity index is 301. The van der Waals surface area contributed by atoms with E-state index in [1.54, 1.807) is 21.3 Å². The molecule has 0 radical (unpaired) electrons. The Balaban J connectivity index is 2.52. The molecule has 0 bridgehead atoms. The molecule has 0 saturated carbocycles. The Morgan fingerprint density at radius 1 is 1.00 bits per heavy atom. The van der Waals surface area contributed by atoms with E-state index in [0.717, 1.165) is 5.75 Å². The Hall–Kier alpha value is -1.26. The van der Waals surface area contributed by atoms with E-state index in [0.29, 0.717) is 19.0 Å². The van der Waals surface area contributed by atoms with E-state index in [9.17, 15) is 0 Å². The van der Waals surface area contributed by atoms with E-state index in [2.05, 4.69) is 0 Å². The molecule has 1 unspecified atom stereocenters. The van der Waals surface area contributed by atoms with Gasteiger partial charge >= 0.3 is 0 Å². The Morgan fingerprint density at radius 2 is 1.69 bits per heavy atom. The van der Waals surface area contributed by atoms with Gasteiger partial charge in [0.05, 0.1) is 13.7 Å². The fourth-order valence-corrected chi connectivity index (χ4v) is 1.29. The molecule has 0 aliphatic heterocycles. The van der Waals surface area contributed by atoms with Crippen LogP contribution in [0.3, 0.4) is 0 Å². The van der Waals surface area contributed by atoms with Gasteiger partial charge in [0, 0.05) is 14.2 Å². The molecule has 1 aromatic rings. The molecular weight excluding hydrogens is 208 g/mol. The fourth-order valence-electron chi connectivity index (χ4n) is 1.29. The Morgan fingerprint density at radius 3 is 2.25 bits per heavy atom. The van der Waals surface area contributed by atoms with E-state index >= 15 is 0 Å². The summed E-state index contributed by atoms with van der Waals surface area (Å²) in [5.41, 5.74) is 0. The van der Waals surface area contributed by atoms with Gasteiger partial charge in [0.15, 0.2) is 11.5 Å². The number of hydrogen-bond acceptors (Lipinski definition) is 4. The molecule has 4 heteroatoms. The van der Waals surface area contributed by atoms with Crippen LogP contribution in [0.25, 0.3) is 0 Å². The minimum absolute atomic E-state index is 0.0742. The maximum absolute atomic E-state index is 5.60. The van der Waals surface area contributed by atoms with Crippen molar-refractivity contribution in [1.29, 1.82) is 0 Å². The van der Waals surface area contributed by atoms with Crippen molar-refractivity contribution in [2.45, 2.75) is 6.10 Å². The van der Waals surface area contributed by atoms with Crippen molar-refractivity contribution in [3.05, 3.63) is 24.3 Å². The summed E-state index contributed by atoms with van der Waals surface area (Å²) in [5, 5.41) is 0. The summed E-state index contributed by atoms with van der Waals surface area (Å²) in [4.78, 5) is 0. The highest BCUT2D eigenvalue weighted by Gasteiger charge is 2.09. The van der Waals surface area contributed by atoms with E-state index in [4.69, 9.17) is 18.9 Å². The van der Waals surface area contributed by atoms with Crippen molar-refractivity contribution in [2.75, 3.05) is 34.5 Å². The van der Waals surface area contributed by atoms with Crippen molar-refractivity contribution in [2.24, 2.45) is 0 Å². The molecule has 0 aromatic heterocycles. The lowest BCUT2D eigenvalue weighted by atomic mass is 10.3. The van der Waals surface area contributed by atoms with E-state index in [1.807, 2.05) is 24.3 Å². The lowest BCUT2D eigenvalue weighted by Gasteiger charge is -2.16. The number of para-hydroxylation sites is 2. The maximum atomic E-state index is 5.60. The van der Waals surface area contributed by atoms with Crippen LogP contribution in [-0.2, 0) is 9.47 Å². The molecule has 0 saturated heterocycles. The van der Waals surface area contributed by atoms with Crippen LogP contribution in [0, 0.1) is 0 Å². The quantitative estimate of drug-likeness (QED) is 0.709. The Labute approximate surface area is 96.1 Å². The average molecular weight is 226 g/mol. The number of hydrogen-bond donors (Lipinski definition) is 0. The molecule has 0 aliphatic carbocycles. The van der Waals surface area contributed by atoms with Crippen LogP contribution in [0.2, 0.25) is 0 Å². The first kappa shape index (κ1) is 12.8. The van der Waals surface area contributed by atoms with Gasteiger partial charge in [0.1, 0.15) is 12.7 Å². The second-order valence-electron chi connectivity index (χ2n) is 3.27. The minimum atomic E-state index is -0.0742. The highest BCUT2D eigenvalue weighted by atomic mass is 16.6. The molecule has 0 amide bonds. The van der Waals surface area contributed by atoms with E-state index in [1.165, 1.54) is 0 Å². The highest BCUT2D eigenvalue weighted by molar-refractivity contribution is 5.39. The molecule has 4 nitrogen and oxygen atoms in total. The van der Waals surface area contributed by atoms with Gasteiger partial charge in [-0.3, -0.25) is 0 Å². The topological polar surface area (TPSA) is 36.9 Å². The number of rotatable bonds is 7. The zero-order valence-corrected chi connectivity index (χ0v) is 9.93. The molecule has 0 heterocycles. The summed E-state index contributed by atoms with van der Waals surface area (Å²) in [7, 11) is 4.88. The first-order chi connectivity index (χ1) is 7.81. The second-order valence-corrected chi connectivity index (χ2v) is 3.27.